The van der Waals surface area contributed by atoms with Crippen LogP contribution in [0.5, 0.6) is 0 Å². The third-order valence-corrected chi connectivity index (χ3v) is 3.33. The molecule has 0 aromatic heterocycles. The Labute approximate surface area is 102 Å². The highest BCUT2D eigenvalue weighted by Crippen LogP contribution is 2.17. The van der Waals surface area contributed by atoms with Crippen LogP contribution in [-0.2, 0) is 4.74 Å². The fraction of sp³-hybridized carbons (Fsp3) is 1.00. The van der Waals surface area contributed by atoms with Crippen LogP contribution in [-0.4, -0.2) is 25.8 Å². The summed E-state index contributed by atoms with van der Waals surface area (Å²) >= 11 is 0. The van der Waals surface area contributed by atoms with Gasteiger partial charge in [0.1, 0.15) is 0 Å². The molecule has 0 amide bonds. The first-order chi connectivity index (χ1) is 7.69. The number of ether oxygens (including phenoxy) is 1. The maximum Gasteiger partial charge on any atom is 0.0724 e. The van der Waals surface area contributed by atoms with E-state index >= 15 is 0 Å². The molecule has 0 aliphatic carbocycles. The van der Waals surface area contributed by atoms with Gasteiger partial charge in [0.25, 0.3) is 0 Å². The number of rotatable bonds is 10. The zero-order valence-corrected chi connectivity index (χ0v) is 11.9. The van der Waals surface area contributed by atoms with Crippen LogP contribution in [0.2, 0.25) is 0 Å². The summed E-state index contributed by atoms with van der Waals surface area (Å²) in [6.07, 6.45) is 6.42. The summed E-state index contributed by atoms with van der Waals surface area (Å²) < 4.78 is 5.63. The molecule has 0 aliphatic rings. The van der Waals surface area contributed by atoms with Crippen LogP contribution < -0.4 is 5.32 Å². The van der Waals surface area contributed by atoms with E-state index in [1.54, 1.807) is 0 Å². The first kappa shape index (κ1) is 15.9. The SMILES string of the molecule is CCCNC(CC(C)CC)C(CCC)OC. The minimum Gasteiger partial charge on any atom is -0.380 e. The second-order valence-electron chi connectivity index (χ2n) is 4.87. The normalized spacial score (nSPS) is 17.1. The second-order valence-corrected chi connectivity index (χ2v) is 4.87. The van der Waals surface area contributed by atoms with Crippen LogP contribution >= 0.6 is 0 Å². The standard InChI is InChI=1S/C14H31NO/c1-6-9-14(16-5)13(15-10-7-2)11-12(4)8-3/h12-15H,6-11H2,1-5H3. The zero-order chi connectivity index (χ0) is 12.4. The first-order valence-corrected chi connectivity index (χ1v) is 6.95. The molecule has 0 rings (SSSR count). The van der Waals surface area contributed by atoms with Crippen LogP contribution in [0.1, 0.15) is 59.8 Å². The summed E-state index contributed by atoms with van der Waals surface area (Å²) in [4.78, 5) is 0. The van der Waals surface area contributed by atoms with E-state index in [0.717, 1.165) is 18.9 Å². The summed E-state index contributed by atoms with van der Waals surface area (Å²) in [6.45, 7) is 10.1. The van der Waals surface area contributed by atoms with E-state index in [4.69, 9.17) is 4.74 Å². The van der Waals surface area contributed by atoms with Crippen molar-refractivity contribution in [2.24, 2.45) is 5.92 Å². The third kappa shape index (κ3) is 6.49. The number of methoxy groups -OCH3 is 1. The Balaban J connectivity index is 4.24. The molecule has 0 radical (unpaired) electrons. The Morgan fingerprint density at radius 1 is 1.12 bits per heavy atom. The Morgan fingerprint density at radius 3 is 2.25 bits per heavy atom. The summed E-state index contributed by atoms with van der Waals surface area (Å²) in [5.74, 6) is 0.781. The van der Waals surface area contributed by atoms with Gasteiger partial charge in [-0.1, -0.05) is 40.5 Å². The molecule has 0 fully saturated rings. The molecule has 0 saturated carbocycles. The maximum absolute atomic E-state index is 5.63. The van der Waals surface area contributed by atoms with Gasteiger partial charge in [-0.15, -0.1) is 0 Å². The van der Waals surface area contributed by atoms with Crippen molar-refractivity contribution in [3.05, 3.63) is 0 Å². The molecule has 0 aliphatic heterocycles. The monoisotopic (exact) mass is 229 g/mol. The fourth-order valence-corrected chi connectivity index (χ4v) is 2.06. The molecule has 2 heteroatoms. The molecule has 98 valence electrons. The fourth-order valence-electron chi connectivity index (χ4n) is 2.06. The van der Waals surface area contributed by atoms with Gasteiger partial charge in [-0.2, -0.15) is 0 Å². The molecule has 0 aromatic carbocycles. The van der Waals surface area contributed by atoms with Gasteiger partial charge in [0.2, 0.25) is 0 Å². The molecule has 0 bridgehead atoms. The predicted octanol–water partition coefficient (Wildman–Crippen LogP) is 3.61. The highest BCUT2D eigenvalue weighted by Gasteiger charge is 2.21. The molecule has 2 nitrogen and oxygen atoms in total. The average molecular weight is 229 g/mol. The van der Waals surface area contributed by atoms with Crippen molar-refractivity contribution in [2.45, 2.75) is 71.9 Å². The number of hydrogen-bond donors (Lipinski definition) is 1. The summed E-state index contributed by atoms with van der Waals surface area (Å²) in [6, 6.07) is 0.528. The van der Waals surface area contributed by atoms with Crippen molar-refractivity contribution in [2.75, 3.05) is 13.7 Å². The minimum absolute atomic E-state index is 0.380. The third-order valence-electron chi connectivity index (χ3n) is 3.33. The van der Waals surface area contributed by atoms with E-state index in [-0.39, 0.29) is 0 Å². The van der Waals surface area contributed by atoms with Crippen molar-refractivity contribution in [1.82, 2.24) is 5.32 Å². The molecule has 0 spiro atoms. The van der Waals surface area contributed by atoms with Gasteiger partial charge in [0, 0.05) is 13.2 Å². The number of hydrogen-bond acceptors (Lipinski definition) is 2. The van der Waals surface area contributed by atoms with Crippen LogP contribution in [0.3, 0.4) is 0 Å². The Bertz CT molecular complexity index is 150. The molecule has 3 atom stereocenters. The minimum atomic E-state index is 0.380. The smallest absolute Gasteiger partial charge is 0.0724 e. The van der Waals surface area contributed by atoms with Gasteiger partial charge in [-0.05, 0) is 31.7 Å². The summed E-state index contributed by atoms with van der Waals surface area (Å²) in [5, 5.41) is 3.65. The van der Waals surface area contributed by atoms with Gasteiger partial charge >= 0.3 is 0 Å². The van der Waals surface area contributed by atoms with Crippen molar-refractivity contribution >= 4 is 0 Å². The van der Waals surface area contributed by atoms with E-state index in [1.165, 1.54) is 25.7 Å². The lowest BCUT2D eigenvalue weighted by molar-refractivity contribution is 0.0531. The Morgan fingerprint density at radius 2 is 1.81 bits per heavy atom. The molecule has 0 saturated heterocycles. The lowest BCUT2D eigenvalue weighted by Crippen LogP contribution is -2.42. The lowest BCUT2D eigenvalue weighted by Gasteiger charge is -2.29. The molecular weight excluding hydrogens is 198 g/mol. The second kappa shape index (κ2) is 10.1. The first-order valence-electron chi connectivity index (χ1n) is 6.95. The van der Waals surface area contributed by atoms with E-state index in [1.807, 2.05) is 7.11 Å². The van der Waals surface area contributed by atoms with Crippen LogP contribution in [0.25, 0.3) is 0 Å². The molecular formula is C14H31NO. The van der Waals surface area contributed by atoms with Crippen LogP contribution in [0, 0.1) is 5.92 Å². The topological polar surface area (TPSA) is 21.3 Å². The van der Waals surface area contributed by atoms with Gasteiger partial charge in [-0.3, -0.25) is 0 Å². The zero-order valence-electron chi connectivity index (χ0n) is 11.9. The van der Waals surface area contributed by atoms with Gasteiger partial charge < -0.3 is 10.1 Å². The largest absolute Gasteiger partial charge is 0.380 e. The summed E-state index contributed by atoms with van der Waals surface area (Å²) in [7, 11) is 1.84. The predicted molar refractivity (Wildman–Crippen MR) is 71.9 cm³/mol. The summed E-state index contributed by atoms with van der Waals surface area (Å²) in [5.41, 5.74) is 0. The maximum atomic E-state index is 5.63. The molecule has 1 N–H and O–H groups in total. The van der Waals surface area contributed by atoms with Crippen LogP contribution in [0.15, 0.2) is 0 Å². The highest BCUT2D eigenvalue weighted by atomic mass is 16.5. The van der Waals surface area contributed by atoms with Gasteiger partial charge in [-0.25, -0.2) is 0 Å². The number of nitrogens with one attached hydrogen (secondary N) is 1. The van der Waals surface area contributed by atoms with Gasteiger partial charge in [0.15, 0.2) is 0 Å². The molecule has 0 heterocycles. The van der Waals surface area contributed by atoms with Gasteiger partial charge in [0.05, 0.1) is 6.10 Å². The molecule has 3 unspecified atom stereocenters. The van der Waals surface area contributed by atoms with E-state index in [9.17, 15) is 0 Å². The molecule has 0 aromatic rings. The van der Waals surface area contributed by atoms with E-state index in [0.29, 0.717) is 12.1 Å². The van der Waals surface area contributed by atoms with Crippen molar-refractivity contribution < 1.29 is 4.74 Å². The molecule has 16 heavy (non-hydrogen) atoms. The van der Waals surface area contributed by atoms with Crippen molar-refractivity contribution in [3.8, 4) is 0 Å². The Kier molecular flexibility index (Phi) is 10.0. The van der Waals surface area contributed by atoms with Crippen LogP contribution in [0.4, 0.5) is 0 Å². The quantitative estimate of drug-likeness (QED) is 0.618. The highest BCUT2D eigenvalue weighted by molar-refractivity contribution is 4.78. The van der Waals surface area contributed by atoms with Crippen molar-refractivity contribution in [3.63, 3.8) is 0 Å². The Hall–Kier alpha value is -0.0800. The van der Waals surface area contributed by atoms with E-state index < -0.39 is 0 Å². The lowest BCUT2D eigenvalue weighted by atomic mass is 9.93. The average Bonchev–Trinajstić information content (AvgIpc) is 2.31. The van der Waals surface area contributed by atoms with Crippen molar-refractivity contribution in [1.29, 1.82) is 0 Å². The van der Waals surface area contributed by atoms with E-state index in [2.05, 4.69) is 33.0 Å².